The molecule has 0 bridgehead atoms. The maximum atomic E-state index is 14.6. The van der Waals surface area contributed by atoms with Gasteiger partial charge in [0, 0.05) is 44.3 Å². The molecule has 240 valence electrons. The fraction of sp³-hybridized carbons (Fsp3) is 0.576. The van der Waals surface area contributed by atoms with Gasteiger partial charge in [-0.15, -0.1) is 0 Å². The molecular formula is C33H41F2N7O3. The van der Waals surface area contributed by atoms with Gasteiger partial charge in [-0.2, -0.15) is 15.2 Å². The van der Waals surface area contributed by atoms with Gasteiger partial charge in [-0.1, -0.05) is 12.6 Å². The van der Waals surface area contributed by atoms with E-state index in [2.05, 4.69) is 29.5 Å². The minimum Gasteiger partial charge on any atom is -0.506 e. The molecule has 1 N–H and O–H groups in total. The summed E-state index contributed by atoms with van der Waals surface area (Å²) in [4.78, 5) is 30.1. The fourth-order valence-electron chi connectivity index (χ4n) is 7.62. The molecule has 2 aromatic rings. The van der Waals surface area contributed by atoms with Crippen LogP contribution in [0.1, 0.15) is 49.8 Å². The Morgan fingerprint density at radius 2 is 1.96 bits per heavy atom. The average molecular weight is 622 g/mol. The number of phenols is 1. The summed E-state index contributed by atoms with van der Waals surface area (Å²) < 4.78 is 34.7. The standard InChI is InChI=1S/C33H41F2N7O3/c1-22(34)31(44)42-18-17-41(20-23(42)9-13-36)30-25-8-10-33(11-15-40(16-12-33)29-26(35)6-3-7-28(29)43)19-27(25)37-32(38-30)45-21-24-5-4-14-39(24)2/h3,6-7,23-24,43H,1,4-5,8-12,14-21H2,2H3/t23-,24-/m0/s1. The number of anilines is 2. The first kappa shape index (κ1) is 31.0. The number of likely N-dealkylation sites (tertiary alicyclic amines) is 1. The van der Waals surface area contributed by atoms with Crippen LogP contribution in [0.5, 0.6) is 11.8 Å². The van der Waals surface area contributed by atoms with Crippen LogP contribution in [0.3, 0.4) is 0 Å². The number of likely N-dealkylation sites (N-methyl/N-ethyl adjacent to an activating group) is 1. The number of piperazine rings is 1. The predicted octanol–water partition coefficient (Wildman–Crippen LogP) is 3.98. The molecule has 4 heterocycles. The van der Waals surface area contributed by atoms with Crippen LogP contribution < -0.4 is 14.5 Å². The molecule has 0 unspecified atom stereocenters. The molecule has 3 saturated heterocycles. The van der Waals surface area contributed by atoms with Gasteiger partial charge in [-0.3, -0.25) is 4.79 Å². The molecule has 1 aliphatic carbocycles. The Morgan fingerprint density at radius 3 is 2.64 bits per heavy atom. The summed E-state index contributed by atoms with van der Waals surface area (Å²) in [6, 6.07) is 6.67. The second-order valence-electron chi connectivity index (χ2n) is 13.0. The van der Waals surface area contributed by atoms with Gasteiger partial charge in [-0.05, 0) is 76.1 Å². The lowest BCUT2D eigenvalue weighted by molar-refractivity contribution is -0.131. The summed E-state index contributed by atoms with van der Waals surface area (Å²) in [7, 11) is 2.10. The zero-order valence-corrected chi connectivity index (χ0v) is 25.9. The van der Waals surface area contributed by atoms with Crippen LogP contribution in [0.15, 0.2) is 30.6 Å². The first-order valence-corrected chi connectivity index (χ1v) is 15.9. The van der Waals surface area contributed by atoms with Crippen molar-refractivity contribution in [3.63, 3.8) is 0 Å². The summed E-state index contributed by atoms with van der Waals surface area (Å²) in [5.41, 5.74) is 2.23. The predicted molar refractivity (Wildman–Crippen MR) is 165 cm³/mol. The maximum absolute atomic E-state index is 14.6. The van der Waals surface area contributed by atoms with Gasteiger partial charge in [0.15, 0.2) is 5.83 Å². The number of nitriles is 1. The molecule has 1 amide bonds. The number of halogens is 2. The topological polar surface area (TPSA) is 109 Å². The molecule has 0 saturated carbocycles. The molecule has 10 nitrogen and oxygen atoms in total. The van der Waals surface area contributed by atoms with E-state index >= 15 is 0 Å². The molecule has 0 radical (unpaired) electrons. The third kappa shape index (κ3) is 6.27. The molecule has 1 aromatic heterocycles. The molecule has 1 spiro atoms. The van der Waals surface area contributed by atoms with E-state index in [4.69, 9.17) is 14.7 Å². The Morgan fingerprint density at radius 1 is 1.16 bits per heavy atom. The van der Waals surface area contributed by atoms with Crippen molar-refractivity contribution in [2.24, 2.45) is 5.41 Å². The summed E-state index contributed by atoms with van der Waals surface area (Å²) in [6.07, 6.45) is 6.32. The van der Waals surface area contributed by atoms with Crippen LogP contribution >= 0.6 is 0 Å². The largest absolute Gasteiger partial charge is 0.506 e. The quantitative estimate of drug-likeness (QED) is 0.459. The number of fused-ring (bicyclic) bond motifs is 1. The van der Waals surface area contributed by atoms with Crippen LogP contribution in [-0.4, -0.2) is 95.8 Å². The molecule has 45 heavy (non-hydrogen) atoms. The number of aromatic nitrogens is 2. The lowest BCUT2D eigenvalue weighted by Gasteiger charge is -2.46. The van der Waals surface area contributed by atoms with Crippen molar-refractivity contribution < 1.29 is 23.4 Å². The van der Waals surface area contributed by atoms with Gasteiger partial charge in [0.2, 0.25) is 0 Å². The third-order valence-corrected chi connectivity index (χ3v) is 10.3. The molecule has 3 aliphatic heterocycles. The Balaban J connectivity index is 1.26. The highest BCUT2D eigenvalue weighted by Crippen LogP contribution is 2.47. The van der Waals surface area contributed by atoms with Crippen molar-refractivity contribution in [1.82, 2.24) is 19.8 Å². The smallest absolute Gasteiger partial charge is 0.318 e. The van der Waals surface area contributed by atoms with E-state index in [0.29, 0.717) is 44.8 Å². The van der Waals surface area contributed by atoms with Crippen molar-refractivity contribution in [2.45, 2.75) is 63.5 Å². The molecule has 4 aliphatic rings. The number of phenolic OH excluding ortho intramolecular Hbond substituents is 1. The van der Waals surface area contributed by atoms with E-state index in [0.717, 1.165) is 68.6 Å². The highest BCUT2D eigenvalue weighted by atomic mass is 19.1. The van der Waals surface area contributed by atoms with Gasteiger partial charge in [0.05, 0.1) is 24.2 Å². The SMILES string of the molecule is C=C(F)C(=O)N1CCN(c2nc(OC[C@@H]3CCCN3C)nc3c2CCC2(CCN(c4c(O)cccc4F)CC2)C3)C[C@@H]1CC#N. The second-order valence-corrected chi connectivity index (χ2v) is 13.0. The lowest BCUT2D eigenvalue weighted by atomic mass is 9.67. The fourth-order valence-corrected chi connectivity index (χ4v) is 7.62. The summed E-state index contributed by atoms with van der Waals surface area (Å²) in [6.45, 7) is 6.97. The van der Waals surface area contributed by atoms with Gasteiger partial charge in [0.1, 0.15) is 29.7 Å². The monoisotopic (exact) mass is 621 g/mol. The Kier molecular flexibility index (Phi) is 8.82. The van der Waals surface area contributed by atoms with Crippen molar-refractivity contribution in [3.05, 3.63) is 47.7 Å². The number of carbonyl (C=O) groups is 1. The second kappa shape index (κ2) is 12.8. The first-order chi connectivity index (χ1) is 21.7. The minimum absolute atomic E-state index is 0.0190. The van der Waals surface area contributed by atoms with Gasteiger partial charge in [-0.25, -0.2) is 8.78 Å². The number of carbonyl (C=O) groups excluding carboxylic acids is 1. The van der Waals surface area contributed by atoms with Crippen LogP contribution in [0.25, 0.3) is 0 Å². The van der Waals surface area contributed by atoms with Crippen LogP contribution in [-0.2, 0) is 17.6 Å². The summed E-state index contributed by atoms with van der Waals surface area (Å²) in [5, 5.41) is 19.8. The van der Waals surface area contributed by atoms with Gasteiger partial charge < -0.3 is 29.4 Å². The first-order valence-electron chi connectivity index (χ1n) is 15.9. The molecular weight excluding hydrogens is 580 g/mol. The van der Waals surface area contributed by atoms with Crippen molar-refractivity contribution in [2.75, 3.05) is 62.7 Å². The zero-order valence-electron chi connectivity index (χ0n) is 25.9. The van der Waals surface area contributed by atoms with E-state index in [1.165, 1.54) is 23.1 Å². The zero-order chi connectivity index (χ0) is 31.7. The highest BCUT2D eigenvalue weighted by molar-refractivity contribution is 5.91. The average Bonchev–Trinajstić information content (AvgIpc) is 3.44. The van der Waals surface area contributed by atoms with E-state index in [1.807, 2.05) is 4.90 Å². The van der Waals surface area contributed by atoms with Gasteiger partial charge in [0.25, 0.3) is 5.91 Å². The number of para-hydroxylation sites is 1. The van der Waals surface area contributed by atoms with Crippen molar-refractivity contribution in [1.29, 1.82) is 5.26 Å². The molecule has 6 rings (SSSR count). The highest BCUT2D eigenvalue weighted by Gasteiger charge is 2.42. The number of amides is 1. The Hall–Kier alpha value is -3.98. The number of ether oxygens (including phenoxy) is 1. The van der Waals surface area contributed by atoms with Gasteiger partial charge >= 0.3 is 6.01 Å². The normalized spacial score (nSPS) is 23.1. The van der Waals surface area contributed by atoms with E-state index in [-0.39, 0.29) is 29.8 Å². The van der Waals surface area contributed by atoms with Crippen LogP contribution in [0, 0.1) is 22.6 Å². The maximum Gasteiger partial charge on any atom is 0.318 e. The molecule has 3 fully saturated rings. The van der Waals surface area contributed by atoms with Crippen LogP contribution in [0.4, 0.5) is 20.3 Å². The summed E-state index contributed by atoms with van der Waals surface area (Å²) in [5.74, 6) is -1.51. The molecule has 12 heteroatoms. The van der Waals surface area contributed by atoms with Crippen molar-refractivity contribution >= 4 is 17.4 Å². The minimum atomic E-state index is -1.03. The van der Waals surface area contributed by atoms with E-state index < -0.39 is 23.6 Å². The number of hydrogen-bond acceptors (Lipinski definition) is 9. The number of hydrogen-bond donors (Lipinski definition) is 1. The number of piperidine rings is 1. The Bertz CT molecular complexity index is 1470. The molecule has 1 aromatic carbocycles. The van der Waals surface area contributed by atoms with Crippen LogP contribution in [0.2, 0.25) is 0 Å². The van der Waals surface area contributed by atoms with Crippen molar-refractivity contribution in [3.8, 4) is 17.8 Å². The van der Waals surface area contributed by atoms with E-state index in [1.54, 1.807) is 0 Å². The van der Waals surface area contributed by atoms with E-state index in [9.17, 15) is 23.9 Å². The number of aromatic hydroxyl groups is 1. The lowest BCUT2D eigenvalue weighted by Crippen LogP contribution is -2.55. The number of nitrogens with zero attached hydrogens (tertiary/aromatic N) is 7. The number of rotatable bonds is 7. The summed E-state index contributed by atoms with van der Waals surface area (Å²) >= 11 is 0. The third-order valence-electron chi connectivity index (χ3n) is 10.3. The number of benzene rings is 1. The molecule has 2 atom stereocenters. The Labute approximate surface area is 262 Å².